The molecule has 130 valence electrons. The molecule has 0 bridgehead atoms. The summed E-state index contributed by atoms with van der Waals surface area (Å²) in [6.07, 6.45) is 4.31. The Balaban J connectivity index is 1.62. The molecule has 4 aromatic carbocycles. The van der Waals surface area contributed by atoms with Crippen molar-refractivity contribution in [1.82, 2.24) is 0 Å². The van der Waals surface area contributed by atoms with E-state index in [9.17, 15) is 0 Å². The van der Waals surface area contributed by atoms with Gasteiger partial charge in [0, 0.05) is 29.0 Å². The number of hydrogen-bond donors (Lipinski definition) is 0. The minimum absolute atomic E-state index is 1.21. The molecule has 1 nitrogen and oxygen atoms in total. The molecule has 0 amide bonds. The van der Waals surface area contributed by atoms with E-state index in [4.69, 9.17) is 0 Å². The fraction of sp³-hybridized carbons (Fsp3) is 0. The molecule has 0 saturated carbocycles. The Morgan fingerprint density at radius 1 is 0.500 bits per heavy atom. The zero-order chi connectivity index (χ0) is 18.5. The predicted molar refractivity (Wildman–Crippen MR) is 118 cm³/mol. The molecule has 6 rings (SSSR count). The summed E-state index contributed by atoms with van der Waals surface area (Å²) >= 11 is 0. The van der Waals surface area contributed by atoms with Crippen molar-refractivity contribution in [2.24, 2.45) is 0 Å². The molecule has 0 saturated heterocycles. The van der Waals surface area contributed by atoms with Crippen molar-refractivity contribution in [3.8, 4) is 11.1 Å². The Hall–Kier alpha value is -3.71. The third-order valence-corrected chi connectivity index (χ3v) is 5.69. The third kappa shape index (κ3) is 2.30. The van der Waals surface area contributed by atoms with E-state index in [1.165, 1.54) is 49.0 Å². The van der Waals surface area contributed by atoms with Gasteiger partial charge in [-0.2, -0.15) is 4.40 Å². The number of fused-ring (bicyclic) bond motifs is 5. The van der Waals surface area contributed by atoms with Crippen molar-refractivity contribution < 1.29 is 4.40 Å². The van der Waals surface area contributed by atoms with Crippen LogP contribution in [0, 0.1) is 0 Å². The molecule has 6 aromatic rings. The van der Waals surface area contributed by atoms with Gasteiger partial charge in [-0.25, -0.2) is 0 Å². The lowest BCUT2D eigenvalue weighted by atomic mass is 9.95. The van der Waals surface area contributed by atoms with Gasteiger partial charge in [-0.15, -0.1) is 0 Å². The summed E-state index contributed by atoms with van der Waals surface area (Å²) in [6, 6.07) is 35.0. The molecule has 0 N–H and O–H groups in total. The number of benzene rings is 4. The van der Waals surface area contributed by atoms with E-state index in [0.29, 0.717) is 0 Å². The van der Waals surface area contributed by atoms with Gasteiger partial charge in [-0.05, 0) is 50.9 Å². The van der Waals surface area contributed by atoms with Crippen LogP contribution < -0.4 is 4.40 Å². The first-order chi connectivity index (χ1) is 13.9. The molecule has 0 radical (unpaired) electrons. The van der Waals surface area contributed by atoms with E-state index in [2.05, 4.69) is 114 Å². The van der Waals surface area contributed by atoms with Gasteiger partial charge in [0.15, 0.2) is 12.4 Å². The largest absolute Gasteiger partial charge is 0.211 e. The fourth-order valence-electron chi connectivity index (χ4n) is 4.30. The van der Waals surface area contributed by atoms with Gasteiger partial charge in [0.25, 0.3) is 0 Å². The molecule has 0 unspecified atom stereocenters. The van der Waals surface area contributed by atoms with E-state index in [1.807, 2.05) is 0 Å². The Bertz CT molecular complexity index is 1510. The van der Waals surface area contributed by atoms with Gasteiger partial charge >= 0.3 is 0 Å². The quantitative estimate of drug-likeness (QED) is 0.179. The van der Waals surface area contributed by atoms with Gasteiger partial charge < -0.3 is 0 Å². The van der Waals surface area contributed by atoms with Gasteiger partial charge in [0.05, 0.1) is 0 Å². The van der Waals surface area contributed by atoms with Crippen LogP contribution in [0.15, 0.2) is 109 Å². The van der Waals surface area contributed by atoms with E-state index >= 15 is 0 Å². The maximum Gasteiger partial charge on any atom is 0.211 e. The summed E-state index contributed by atoms with van der Waals surface area (Å²) in [5.74, 6) is 0. The Kier molecular flexibility index (Phi) is 3.24. The van der Waals surface area contributed by atoms with Crippen molar-refractivity contribution >= 4 is 37.8 Å². The van der Waals surface area contributed by atoms with Crippen molar-refractivity contribution in [2.45, 2.75) is 0 Å². The van der Waals surface area contributed by atoms with Gasteiger partial charge in [0.2, 0.25) is 5.52 Å². The molecule has 0 aliphatic carbocycles. The number of rotatable bonds is 1. The van der Waals surface area contributed by atoms with Gasteiger partial charge in [0.1, 0.15) is 0 Å². The number of nitrogens with zero attached hydrogens (tertiary/aromatic N) is 1. The van der Waals surface area contributed by atoms with E-state index < -0.39 is 0 Å². The van der Waals surface area contributed by atoms with Crippen LogP contribution >= 0.6 is 0 Å². The molecular formula is C27H18N+. The summed E-state index contributed by atoms with van der Waals surface area (Å²) in [7, 11) is 0. The van der Waals surface area contributed by atoms with E-state index in [0.717, 1.165) is 0 Å². The SMILES string of the molecule is c1ccc2c(-c3ccc4c(ccc5c[n+]6ccccc6cc54)c3)cccc2c1. The lowest BCUT2D eigenvalue weighted by molar-refractivity contribution is -0.510. The third-order valence-electron chi connectivity index (χ3n) is 5.69. The Morgan fingerprint density at radius 2 is 1.36 bits per heavy atom. The predicted octanol–water partition coefficient (Wildman–Crippen LogP) is 6.55. The monoisotopic (exact) mass is 356 g/mol. The molecule has 2 heterocycles. The standard InChI is InChI=1S/C27H18N/c1-2-9-24-19(6-1)7-5-10-25(24)21-13-14-26-20(16-21)11-12-22-18-28-15-4-3-8-23(28)17-27(22)26/h1-18H/q+1. The van der Waals surface area contributed by atoms with Gasteiger partial charge in [-0.3, -0.25) is 0 Å². The smallest absolute Gasteiger partial charge is 0.167 e. The van der Waals surface area contributed by atoms with Crippen LogP contribution in [0.1, 0.15) is 0 Å². The highest BCUT2D eigenvalue weighted by Gasteiger charge is 2.09. The molecule has 0 aliphatic heterocycles. The molecule has 1 heteroatoms. The maximum atomic E-state index is 2.32. The van der Waals surface area contributed by atoms with E-state index in [1.54, 1.807) is 0 Å². The highest BCUT2D eigenvalue weighted by Crippen LogP contribution is 2.33. The summed E-state index contributed by atoms with van der Waals surface area (Å²) in [4.78, 5) is 0. The lowest BCUT2D eigenvalue weighted by Crippen LogP contribution is -2.19. The van der Waals surface area contributed by atoms with Crippen LogP contribution in [0.25, 0.3) is 49.0 Å². The summed E-state index contributed by atoms with van der Waals surface area (Å²) < 4.78 is 2.18. The summed E-state index contributed by atoms with van der Waals surface area (Å²) in [5, 5.41) is 7.71. The molecule has 0 spiro atoms. The maximum absolute atomic E-state index is 2.32. The van der Waals surface area contributed by atoms with Crippen LogP contribution in [0.5, 0.6) is 0 Å². The highest BCUT2D eigenvalue weighted by atomic mass is 14.8. The zero-order valence-electron chi connectivity index (χ0n) is 15.3. The summed E-state index contributed by atoms with van der Waals surface area (Å²) in [5.41, 5.74) is 3.76. The minimum Gasteiger partial charge on any atom is -0.167 e. The molecule has 0 fully saturated rings. The molecular weight excluding hydrogens is 338 g/mol. The highest BCUT2D eigenvalue weighted by molar-refractivity contribution is 6.09. The Labute approximate surface area is 163 Å². The normalized spacial score (nSPS) is 11.6. The minimum atomic E-state index is 1.21. The van der Waals surface area contributed by atoms with Crippen LogP contribution in [-0.2, 0) is 0 Å². The second-order valence-corrected chi connectivity index (χ2v) is 7.34. The lowest BCUT2D eigenvalue weighted by Gasteiger charge is -2.09. The first kappa shape index (κ1) is 15.4. The van der Waals surface area contributed by atoms with Crippen molar-refractivity contribution in [3.63, 3.8) is 0 Å². The first-order valence-electron chi connectivity index (χ1n) is 9.61. The van der Waals surface area contributed by atoms with Crippen LogP contribution in [-0.4, -0.2) is 0 Å². The average molecular weight is 356 g/mol. The van der Waals surface area contributed by atoms with E-state index in [-0.39, 0.29) is 0 Å². The topological polar surface area (TPSA) is 4.10 Å². The zero-order valence-corrected chi connectivity index (χ0v) is 15.3. The molecule has 28 heavy (non-hydrogen) atoms. The second kappa shape index (κ2) is 5.90. The van der Waals surface area contributed by atoms with Gasteiger partial charge in [-0.1, -0.05) is 60.7 Å². The number of pyridine rings is 2. The summed E-state index contributed by atoms with van der Waals surface area (Å²) in [6.45, 7) is 0. The van der Waals surface area contributed by atoms with Crippen LogP contribution in [0.4, 0.5) is 0 Å². The number of hydrogen-bond acceptors (Lipinski definition) is 0. The van der Waals surface area contributed by atoms with Crippen molar-refractivity contribution in [2.75, 3.05) is 0 Å². The first-order valence-corrected chi connectivity index (χ1v) is 9.61. The molecule has 0 atom stereocenters. The molecule has 2 aromatic heterocycles. The fourth-order valence-corrected chi connectivity index (χ4v) is 4.30. The van der Waals surface area contributed by atoms with Crippen LogP contribution in [0.2, 0.25) is 0 Å². The number of aromatic nitrogens is 1. The Morgan fingerprint density at radius 3 is 2.36 bits per heavy atom. The second-order valence-electron chi connectivity index (χ2n) is 7.34. The van der Waals surface area contributed by atoms with Crippen molar-refractivity contribution in [3.05, 3.63) is 109 Å². The molecule has 0 aliphatic rings. The van der Waals surface area contributed by atoms with Crippen molar-refractivity contribution in [1.29, 1.82) is 0 Å². The van der Waals surface area contributed by atoms with Crippen LogP contribution in [0.3, 0.4) is 0 Å². The average Bonchev–Trinajstić information content (AvgIpc) is 2.77.